The molecule has 0 aliphatic rings. The number of aryl methyl sites for hydroxylation is 1. The molecule has 0 spiro atoms. The third-order valence-electron chi connectivity index (χ3n) is 1.99. The van der Waals surface area contributed by atoms with E-state index in [1.54, 1.807) is 6.20 Å². The predicted molar refractivity (Wildman–Crippen MR) is 64.5 cm³/mol. The van der Waals surface area contributed by atoms with Crippen LogP contribution in [0.5, 0.6) is 0 Å². The first-order valence-electron chi connectivity index (χ1n) is 4.82. The first kappa shape index (κ1) is 10.9. The summed E-state index contributed by atoms with van der Waals surface area (Å²) < 4.78 is 0.836. The first-order valence-corrected chi connectivity index (χ1v) is 5.61. The molecule has 0 aliphatic carbocycles. The van der Waals surface area contributed by atoms with E-state index >= 15 is 0 Å². The minimum absolute atomic E-state index is 0.222. The Balaban J connectivity index is 2.56. The van der Waals surface area contributed by atoms with Crippen LogP contribution in [0.25, 0.3) is 11.5 Å². The minimum Gasteiger partial charge on any atom is -0.368 e. The number of nitrogens with two attached hydrogens (primary N) is 1. The fourth-order valence-corrected chi connectivity index (χ4v) is 1.68. The monoisotopic (exact) mass is 279 g/mol. The summed E-state index contributed by atoms with van der Waals surface area (Å²) in [5.74, 6) is 1.39. The lowest BCUT2D eigenvalue weighted by atomic mass is 10.3. The maximum atomic E-state index is 5.62. The fourth-order valence-electron chi connectivity index (χ4n) is 1.25. The van der Waals surface area contributed by atoms with Crippen molar-refractivity contribution in [1.29, 1.82) is 0 Å². The highest BCUT2D eigenvalue weighted by Crippen LogP contribution is 2.22. The van der Waals surface area contributed by atoms with Gasteiger partial charge in [-0.25, -0.2) is 4.98 Å². The summed E-state index contributed by atoms with van der Waals surface area (Å²) in [6.07, 6.45) is 2.40. The van der Waals surface area contributed by atoms with Crippen LogP contribution in [0.2, 0.25) is 0 Å². The number of aromatic nitrogens is 4. The molecule has 2 heterocycles. The molecule has 2 aromatic rings. The second-order valence-electron chi connectivity index (χ2n) is 3.12. The fraction of sp³-hybridized carbons (Fsp3) is 0.200. The third-order valence-corrected chi connectivity index (χ3v) is 2.63. The summed E-state index contributed by atoms with van der Waals surface area (Å²) in [5.41, 5.74) is 6.29. The van der Waals surface area contributed by atoms with Gasteiger partial charge in [-0.05, 0) is 28.1 Å². The topological polar surface area (TPSA) is 77.6 Å². The SMILES string of the molecule is CCc1nc(N)nc(-c2ncccc2Br)n1. The van der Waals surface area contributed by atoms with Gasteiger partial charge in [0.25, 0.3) is 0 Å². The van der Waals surface area contributed by atoms with E-state index in [0.717, 1.165) is 4.47 Å². The Kier molecular flexibility index (Phi) is 3.09. The number of hydrogen-bond donors (Lipinski definition) is 1. The second kappa shape index (κ2) is 4.52. The van der Waals surface area contributed by atoms with Crippen LogP contribution in [0.4, 0.5) is 5.95 Å². The summed E-state index contributed by atoms with van der Waals surface area (Å²) in [4.78, 5) is 16.6. The van der Waals surface area contributed by atoms with Gasteiger partial charge in [-0.3, -0.25) is 4.98 Å². The first-order chi connectivity index (χ1) is 7.70. The Morgan fingerprint density at radius 1 is 1.31 bits per heavy atom. The Bertz CT molecular complexity index is 514. The molecule has 0 amide bonds. The number of pyridine rings is 1. The Labute approximate surface area is 101 Å². The van der Waals surface area contributed by atoms with Crippen LogP contribution in [0.1, 0.15) is 12.7 Å². The Hall–Kier alpha value is -1.56. The quantitative estimate of drug-likeness (QED) is 0.908. The summed E-state index contributed by atoms with van der Waals surface area (Å²) in [7, 11) is 0. The molecule has 2 aromatic heterocycles. The summed E-state index contributed by atoms with van der Waals surface area (Å²) in [5, 5.41) is 0. The van der Waals surface area contributed by atoms with Crippen LogP contribution in [-0.2, 0) is 6.42 Å². The van der Waals surface area contributed by atoms with Crippen molar-refractivity contribution in [2.24, 2.45) is 0 Å². The van der Waals surface area contributed by atoms with Crippen LogP contribution < -0.4 is 5.73 Å². The van der Waals surface area contributed by atoms with E-state index in [9.17, 15) is 0 Å². The van der Waals surface area contributed by atoms with Crippen molar-refractivity contribution in [3.8, 4) is 11.5 Å². The molecule has 0 saturated heterocycles. The molecule has 82 valence electrons. The molecule has 5 nitrogen and oxygen atoms in total. The van der Waals surface area contributed by atoms with E-state index in [2.05, 4.69) is 35.9 Å². The van der Waals surface area contributed by atoms with Crippen LogP contribution in [0.15, 0.2) is 22.8 Å². The van der Waals surface area contributed by atoms with Crippen LogP contribution in [0, 0.1) is 0 Å². The van der Waals surface area contributed by atoms with Crippen molar-refractivity contribution in [3.63, 3.8) is 0 Å². The number of nitrogens with zero attached hydrogens (tertiary/aromatic N) is 4. The molecule has 0 unspecified atom stereocenters. The van der Waals surface area contributed by atoms with Crippen molar-refractivity contribution in [1.82, 2.24) is 19.9 Å². The number of anilines is 1. The van der Waals surface area contributed by atoms with E-state index in [-0.39, 0.29) is 5.95 Å². The Morgan fingerprint density at radius 3 is 2.81 bits per heavy atom. The van der Waals surface area contributed by atoms with Gasteiger partial charge in [-0.15, -0.1) is 0 Å². The highest BCUT2D eigenvalue weighted by molar-refractivity contribution is 9.10. The summed E-state index contributed by atoms with van der Waals surface area (Å²) in [6.45, 7) is 1.96. The van der Waals surface area contributed by atoms with Gasteiger partial charge >= 0.3 is 0 Å². The van der Waals surface area contributed by atoms with Crippen LogP contribution in [0.3, 0.4) is 0 Å². The molecule has 0 atom stereocenters. The zero-order valence-corrected chi connectivity index (χ0v) is 10.3. The number of hydrogen-bond acceptors (Lipinski definition) is 5. The van der Waals surface area contributed by atoms with Crippen LogP contribution in [-0.4, -0.2) is 19.9 Å². The molecule has 2 N–H and O–H groups in total. The minimum atomic E-state index is 0.222. The van der Waals surface area contributed by atoms with Crippen LogP contribution >= 0.6 is 15.9 Å². The smallest absolute Gasteiger partial charge is 0.223 e. The van der Waals surface area contributed by atoms with Crippen molar-refractivity contribution in [2.45, 2.75) is 13.3 Å². The standard InChI is InChI=1S/C10H10BrN5/c1-2-7-14-9(16-10(12)15-7)8-6(11)4-3-5-13-8/h3-5H,2H2,1H3,(H2,12,14,15,16). The molecule has 0 radical (unpaired) electrons. The molecule has 0 aliphatic heterocycles. The molecule has 6 heteroatoms. The van der Waals surface area contributed by atoms with Gasteiger partial charge in [0, 0.05) is 17.1 Å². The van der Waals surface area contributed by atoms with Crippen molar-refractivity contribution in [3.05, 3.63) is 28.6 Å². The highest BCUT2D eigenvalue weighted by Gasteiger charge is 2.09. The van der Waals surface area contributed by atoms with Crippen molar-refractivity contribution >= 4 is 21.9 Å². The predicted octanol–water partition coefficient (Wildman–Crippen LogP) is 1.84. The third kappa shape index (κ3) is 2.16. The molecular formula is C10H10BrN5. The average molecular weight is 280 g/mol. The summed E-state index contributed by atoms with van der Waals surface area (Å²) >= 11 is 3.40. The van der Waals surface area contributed by atoms with Crippen molar-refractivity contribution < 1.29 is 0 Å². The second-order valence-corrected chi connectivity index (χ2v) is 3.98. The number of nitrogen functional groups attached to an aromatic ring is 1. The van der Waals surface area contributed by atoms with Crippen molar-refractivity contribution in [2.75, 3.05) is 5.73 Å². The van der Waals surface area contributed by atoms with Gasteiger partial charge in [0.15, 0.2) is 5.82 Å². The number of rotatable bonds is 2. The van der Waals surface area contributed by atoms with Gasteiger partial charge in [-0.1, -0.05) is 6.92 Å². The van der Waals surface area contributed by atoms with Gasteiger partial charge in [0.05, 0.1) is 0 Å². The maximum absolute atomic E-state index is 5.62. The molecule has 0 saturated carbocycles. The van der Waals surface area contributed by atoms with E-state index in [1.165, 1.54) is 0 Å². The van der Waals surface area contributed by atoms with Gasteiger partial charge in [-0.2, -0.15) is 9.97 Å². The molecule has 0 bridgehead atoms. The lowest BCUT2D eigenvalue weighted by Gasteiger charge is -2.04. The maximum Gasteiger partial charge on any atom is 0.223 e. The molecule has 0 aromatic carbocycles. The molecular weight excluding hydrogens is 270 g/mol. The van der Waals surface area contributed by atoms with Gasteiger partial charge in [0.1, 0.15) is 11.5 Å². The lowest BCUT2D eigenvalue weighted by molar-refractivity contribution is 0.908. The van der Waals surface area contributed by atoms with E-state index in [4.69, 9.17) is 5.73 Å². The van der Waals surface area contributed by atoms with E-state index in [0.29, 0.717) is 23.8 Å². The molecule has 2 rings (SSSR count). The average Bonchev–Trinajstić information content (AvgIpc) is 2.28. The van der Waals surface area contributed by atoms with E-state index < -0.39 is 0 Å². The molecule has 0 fully saturated rings. The normalized spacial score (nSPS) is 10.4. The number of halogens is 1. The van der Waals surface area contributed by atoms with Gasteiger partial charge in [0.2, 0.25) is 5.95 Å². The molecule has 16 heavy (non-hydrogen) atoms. The summed E-state index contributed by atoms with van der Waals surface area (Å²) in [6, 6.07) is 3.72. The largest absolute Gasteiger partial charge is 0.368 e. The van der Waals surface area contributed by atoms with E-state index in [1.807, 2.05) is 19.1 Å². The van der Waals surface area contributed by atoms with Gasteiger partial charge < -0.3 is 5.73 Å². The zero-order chi connectivity index (χ0) is 11.5. The highest BCUT2D eigenvalue weighted by atomic mass is 79.9. The zero-order valence-electron chi connectivity index (χ0n) is 8.68. The lowest BCUT2D eigenvalue weighted by Crippen LogP contribution is -2.05. The Morgan fingerprint density at radius 2 is 2.12 bits per heavy atom.